The number of carbonyl (C=O) groups excluding carboxylic acids is 2. The summed E-state index contributed by atoms with van der Waals surface area (Å²) in [5.41, 5.74) is 5.76. The fourth-order valence-electron chi connectivity index (χ4n) is 4.69. The largest absolute Gasteiger partial charge is 0.366 e. The first-order chi connectivity index (χ1) is 14.6. The Hall–Kier alpha value is -2.68. The Morgan fingerprint density at radius 2 is 1.81 bits per heavy atom. The highest BCUT2D eigenvalue weighted by molar-refractivity contribution is 5.96. The van der Waals surface area contributed by atoms with Crippen molar-refractivity contribution >= 4 is 22.8 Å². The van der Waals surface area contributed by atoms with E-state index in [4.69, 9.17) is 5.73 Å². The molecule has 2 aliphatic rings. The third kappa shape index (κ3) is 4.37. The number of carbonyl (C=O) groups is 2. The van der Waals surface area contributed by atoms with Crippen LogP contribution in [0.3, 0.4) is 0 Å². The van der Waals surface area contributed by atoms with Gasteiger partial charge in [0.25, 0.3) is 5.91 Å². The van der Waals surface area contributed by atoms with Gasteiger partial charge in [0.05, 0.1) is 23.1 Å². The number of rotatable bonds is 4. The Kier molecular flexibility index (Phi) is 5.63. The van der Waals surface area contributed by atoms with Crippen LogP contribution in [0.25, 0.3) is 11.0 Å². The Morgan fingerprint density at radius 1 is 1.16 bits per heavy atom. The lowest BCUT2D eigenvalue weighted by molar-refractivity contribution is -0.134. The van der Waals surface area contributed by atoms with Crippen LogP contribution in [0.2, 0.25) is 0 Å². The van der Waals surface area contributed by atoms with E-state index in [0.29, 0.717) is 48.9 Å². The monoisotopic (exact) mass is 431 g/mol. The Labute approximate surface area is 180 Å². The average Bonchev–Trinajstić information content (AvgIpc) is 3.02. The molecule has 1 aromatic heterocycles. The van der Waals surface area contributed by atoms with Gasteiger partial charge in [0.15, 0.2) is 0 Å². The molecular weight excluding hydrogens is 401 g/mol. The van der Waals surface area contributed by atoms with Crippen molar-refractivity contribution in [2.75, 3.05) is 32.7 Å². The van der Waals surface area contributed by atoms with Crippen LogP contribution in [0, 0.1) is 11.2 Å². The molecule has 168 valence electrons. The Morgan fingerprint density at radius 3 is 2.42 bits per heavy atom. The van der Waals surface area contributed by atoms with Gasteiger partial charge in [-0.3, -0.25) is 19.1 Å². The second kappa shape index (κ2) is 8.11. The van der Waals surface area contributed by atoms with Crippen molar-refractivity contribution in [3.8, 4) is 0 Å². The van der Waals surface area contributed by atoms with Crippen LogP contribution in [0.15, 0.2) is 16.9 Å². The molecule has 9 heteroatoms. The number of nitrogens with one attached hydrogen (secondary N) is 1. The summed E-state index contributed by atoms with van der Waals surface area (Å²) in [5.74, 6) is -1.44. The van der Waals surface area contributed by atoms with Crippen molar-refractivity contribution in [3.63, 3.8) is 0 Å². The summed E-state index contributed by atoms with van der Waals surface area (Å²) in [4.78, 5) is 43.4. The van der Waals surface area contributed by atoms with Gasteiger partial charge in [0.2, 0.25) is 5.91 Å². The molecule has 0 bridgehead atoms. The van der Waals surface area contributed by atoms with Gasteiger partial charge in [-0.1, -0.05) is 13.8 Å². The van der Waals surface area contributed by atoms with E-state index >= 15 is 0 Å². The fraction of sp³-hybridized carbons (Fsp3) is 0.591. The topological polar surface area (TPSA) is 104 Å². The number of piperidine rings is 2. The maximum atomic E-state index is 14.3. The molecule has 3 N–H and O–H groups in total. The fourth-order valence-corrected chi connectivity index (χ4v) is 4.69. The van der Waals surface area contributed by atoms with E-state index in [1.165, 1.54) is 12.1 Å². The van der Waals surface area contributed by atoms with Gasteiger partial charge in [0.1, 0.15) is 5.82 Å². The minimum Gasteiger partial charge on any atom is -0.366 e. The number of amides is 2. The van der Waals surface area contributed by atoms with E-state index in [1.54, 1.807) is 4.57 Å². The van der Waals surface area contributed by atoms with Crippen LogP contribution in [-0.2, 0) is 4.79 Å². The molecule has 8 nitrogen and oxygen atoms in total. The smallest absolute Gasteiger partial charge is 0.326 e. The predicted molar refractivity (Wildman–Crippen MR) is 115 cm³/mol. The van der Waals surface area contributed by atoms with E-state index < -0.39 is 11.7 Å². The molecule has 4 rings (SSSR count). The lowest BCUT2D eigenvalue weighted by atomic mass is 9.82. The third-order valence-electron chi connectivity index (χ3n) is 6.82. The lowest BCUT2D eigenvalue weighted by Crippen LogP contribution is -2.47. The summed E-state index contributed by atoms with van der Waals surface area (Å²) in [6.07, 6.45) is 3.43. The predicted octanol–water partition coefficient (Wildman–Crippen LogP) is 1.85. The van der Waals surface area contributed by atoms with Gasteiger partial charge in [0, 0.05) is 38.3 Å². The van der Waals surface area contributed by atoms with Crippen LogP contribution < -0.4 is 11.4 Å². The zero-order chi connectivity index (χ0) is 22.3. The molecule has 2 amide bonds. The third-order valence-corrected chi connectivity index (χ3v) is 6.82. The first-order valence-corrected chi connectivity index (χ1v) is 10.9. The highest BCUT2D eigenvalue weighted by Crippen LogP contribution is 2.30. The number of primary amides is 1. The number of likely N-dealkylation sites (tertiary alicyclic amines) is 2. The van der Waals surface area contributed by atoms with E-state index in [-0.39, 0.29) is 23.2 Å². The number of halogens is 1. The van der Waals surface area contributed by atoms with Gasteiger partial charge in [-0.25, -0.2) is 9.18 Å². The first-order valence-electron chi connectivity index (χ1n) is 10.9. The molecule has 2 fully saturated rings. The van der Waals surface area contributed by atoms with Crippen LogP contribution in [-0.4, -0.2) is 63.9 Å². The minimum atomic E-state index is -0.872. The standard InChI is InChI=1S/C22H30FN5O3/c1-22(2)5-9-27(10-6-22)19(29)13-26-7-3-14(4-8-26)28-18-12-16(23)15(20(24)30)11-17(18)25-21(28)31/h11-12,14H,3-10,13H2,1-2H3,(H2,24,30)(H,25,31). The minimum absolute atomic E-state index is 0.0952. The Balaban J connectivity index is 1.41. The highest BCUT2D eigenvalue weighted by atomic mass is 19.1. The van der Waals surface area contributed by atoms with Crippen molar-refractivity contribution < 1.29 is 14.0 Å². The molecule has 0 unspecified atom stereocenters. The molecule has 0 aliphatic carbocycles. The summed E-state index contributed by atoms with van der Waals surface area (Å²) >= 11 is 0. The van der Waals surface area contributed by atoms with E-state index in [9.17, 15) is 18.8 Å². The number of hydrogen-bond donors (Lipinski definition) is 2. The zero-order valence-electron chi connectivity index (χ0n) is 18.1. The normalized spacial score (nSPS) is 20.3. The molecule has 31 heavy (non-hydrogen) atoms. The van der Waals surface area contributed by atoms with Crippen LogP contribution in [0.5, 0.6) is 0 Å². The molecule has 0 spiro atoms. The van der Waals surface area contributed by atoms with Gasteiger partial charge >= 0.3 is 5.69 Å². The number of benzene rings is 1. The number of hydrogen-bond acceptors (Lipinski definition) is 4. The zero-order valence-corrected chi connectivity index (χ0v) is 18.1. The quantitative estimate of drug-likeness (QED) is 0.771. The van der Waals surface area contributed by atoms with Crippen molar-refractivity contribution in [3.05, 3.63) is 34.0 Å². The number of imidazole rings is 1. The SMILES string of the molecule is CC1(C)CCN(C(=O)CN2CCC(n3c(=O)[nH]c4cc(C(N)=O)c(F)cc43)CC2)CC1. The molecule has 2 aromatic rings. The van der Waals surface area contributed by atoms with Crippen LogP contribution in [0.4, 0.5) is 4.39 Å². The maximum Gasteiger partial charge on any atom is 0.326 e. The number of aromatic nitrogens is 2. The average molecular weight is 432 g/mol. The van der Waals surface area contributed by atoms with Gasteiger partial charge < -0.3 is 15.6 Å². The van der Waals surface area contributed by atoms with Gasteiger partial charge in [-0.05, 0) is 37.2 Å². The number of nitrogens with two attached hydrogens (primary N) is 1. The summed E-state index contributed by atoms with van der Waals surface area (Å²) in [7, 11) is 0. The van der Waals surface area contributed by atoms with E-state index in [1.807, 2.05) is 4.90 Å². The summed E-state index contributed by atoms with van der Waals surface area (Å²) in [6, 6.07) is 2.39. The van der Waals surface area contributed by atoms with Crippen molar-refractivity contribution in [1.29, 1.82) is 0 Å². The second-order valence-corrected chi connectivity index (χ2v) is 9.57. The molecule has 0 atom stereocenters. The Bertz CT molecular complexity index is 1060. The molecule has 2 aliphatic heterocycles. The van der Waals surface area contributed by atoms with Crippen LogP contribution >= 0.6 is 0 Å². The van der Waals surface area contributed by atoms with Crippen molar-refractivity contribution in [2.45, 2.75) is 45.6 Å². The van der Waals surface area contributed by atoms with E-state index in [0.717, 1.165) is 25.9 Å². The molecule has 2 saturated heterocycles. The molecule has 3 heterocycles. The van der Waals surface area contributed by atoms with E-state index in [2.05, 4.69) is 23.7 Å². The van der Waals surface area contributed by atoms with Gasteiger partial charge in [-0.2, -0.15) is 0 Å². The highest BCUT2D eigenvalue weighted by Gasteiger charge is 2.30. The second-order valence-electron chi connectivity index (χ2n) is 9.57. The van der Waals surface area contributed by atoms with Crippen molar-refractivity contribution in [1.82, 2.24) is 19.4 Å². The van der Waals surface area contributed by atoms with Gasteiger partial charge in [-0.15, -0.1) is 0 Å². The van der Waals surface area contributed by atoms with Crippen LogP contribution in [0.1, 0.15) is 55.9 Å². The first kappa shape index (κ1) is 21.5. The molecule has 1 aromatic carbocycles. The molecule has 0 saturated carbocycles. The summed E-state index contributed by atoms with van der Waals surface area (Å²) in [5, 5.41) is 0. The number of nitrogens with zero attached hydrogens (tertiary/aromatic N) is 3. The van der Waals surface area contributed by atoms with Crippen molar-refractivity contribution in [2.24, 2.45) is 11.1 Å². The molecule has 0 radical (unpaired) electrons. The summed E-state index contributed by atoms with van der Waals surface area (Å²) in [6.45, 7) is 7.89. The maximum absolute atomic E-state index is 14.3. The number of H-pyrrole nitrogens is 1. The lowest BCUT2D eigenvalue weighted by Gasteiger charge is -2.38. The number of fused-ring (bicyclic) bond motifs is 1. The number of aromatic amines is 1. The summed E-state index contributed by atoms with van der Waals surface area (Å²) < 4.78 is 15.8. The molecular formula is C22H30FN5O3.